The molecule has 1 aromatic heterocycles. The van der Waals surface area contributed by atoms with Crippen LogP contribution in [0.3, 0.4) is 0 Å². The molecule has 0 saturated carbocycles. The molecule has 1 N–H and O–H groups in total. The van der Waals surface area contributed by atoms with Crippen LogP contribution in [0.4, 0.5) is 17.3 Å². The van der Waals surface area contributed by atoms with Gasteiger partial charge in [0.25, 0.3) is 0 Å². The van der Waals surface area contributed by atoms with Gasteiger partial charge >= 0.3 is 5.69 Å². The molecule has 0 spiro atoms. The number of nitro groups is 1. The van der Waals surface area contributed by atoms with Gasteiger partial charge in [-0.15, -0.1) is 0 Å². The maximum atomic E-state index is 11.1. The van der Waals surface area contributed by atoms with Gasteiger partial charge in [-0.1, -0.05) is 0 Å². The van der Waals surface area contributed by atoms with Crippen molar-refractivity contribution in [2.24, 2.45) is 0 Å². The Morgan fingerprint density at radius 1 is 1.61 bits per heavy atom. The third-order valence-corrected chi connectivity index (χ3v) is 2.40. The van der Waals surface area contributed by atoms with Crippen molar-refractivity contribution < 1.29 is 4.92 Å². The van der Waals surface area contributed by atoms with Crippen molar-refractivity contribution in [2.45, 2.75) is 13.3 Å². The smallest absolute Gasteiger partial charge is 0.353 e. The molecule has 0 unspecified atom stereocenters. The summed E-state index contributed by atoms with van der Waals surface area (Å²) >= 11 is 0. The lowest BCUT2D eigenvalue weighted by atomic mass is 10.3. The summed E-state index contributed by atoms with van der Waals surface area (Å²) in [5.41, 5.74) is -0.167. The highest BCUT2D eigenvalue weighted by atomic mass is 16.6. The van der Waals surface area contributed by atoms with Crippen molar-refractivity contribution in [3.05, 3.63) is 16.4 Å². The number of hydrogen-bond donors (Lipinski definition) is 1. The second-order valence-corrected chi connectivity index (χ2v) is 3.39. The Labute approximate surface area is 104 Å². The predicted octanol–water partition coefficient (Wildman–Crippen LogP) is 1.17. The van der Waals surface area contributed by atoms with E-state index in [1.807, 2.05) is 13.0 Å². The molecule has 96 valence electrons. The molecular formula is C10H14N6O2. The van der Waals surface area contributed by atoms with Crippen LogP contribution in [0.15, 0.2) is 6.33 Å². The molecule has 8 nitrogen and oxygen atoms in total. The van der Waals surface area contributed by atoms with Gasteiger partial charge in [0.15, 0.2) is 0 Å². The SMILES string of the molecule is CCN(CCC#N)c1ncnc(NC)c1[N+](=O)[O-]. The summed E-state index contributed by atoms with van der Waals surface area (Å²) in [5, 5.41) is 22.3. The molecule has 18 heavy (non-hydrogen) atoms. The average molecular weight is 250 g/mol. The number of hydrogen-bond acceptors (Lipinski definition) is 7. The summed E-state index contributed by atoms with van der Waals surface area (Å²) in [6.07, 6.45) is 1.55. The maximum absolute atomic E-state index is 11.1. The van der Waals surface area contributed by atoms with E-state index in [1.165, 1.54) is 6.33 Å². The molecular weight excluding hydrogens is 236 g/mol. The summed E-state index contributed by atoms with van der Waals surface area (Å²) in [4.78, 5) is 20.0. The van der Waals surface area contributed by atoms with Crippen molar-refractivity contribution in [3.8, 4) is 6.07 Å². The molecule has 0 bridgehead atoms. The zero-order chi connectivity index (χ0) is 13.5. The molecule has 0 aliphatic heterocycles. The van der Waals surface area contributed by atoms with Crippen LogP contribution in [-0.2, 0) is 0 Å². The number of anilines is 2. The topological polar surface area (TPSA) is 108 Å². The first-order chi connectivity index (χ1) is 8.65. The quantitative estimate of drug-likeness (QED) is 0.596. The largest absolute Gasteiger partial charge is 0.367 e. The van der Waals surface area contributed by atoms with Gasteiger partial charge in [0, 0.05) is 20.1 Å². The van der Waals surface area contributed by atoms with E-state index in [0.29, 0.717) is 13.1 Å². The van der Waals surface area contributed by atoms with Crippen LogP contribution in [-0.4, -0.2) is 35.0 Å². The Kier molecular flexibility index (Phi) is 4.80. The molecule has 0 aliphatic rings. The molecule has 1 aromatic rings. The van der Waals surface area contributed by atoms with Crippen molar-refractivity contribution >= 4 is 17.3 Å². The van der Waals surface area contributed by atoms with Gasteiger partial charge < -0.3 is 10.2 Å². The van der Waals surface area contributed by atoms with E-state index in [-0.39, 0.29) is 23.7 Å². The van der Waals surface area contributed by atoms with Crippen molar-refractivity contribution in [2.75, 3.05) is 30.4 Å². The average Bonchev–Trinajstić information content (AvgIpc) is 2.38. The van der Waals surface area contributed by atoms with Crippen LogP contribution in [0.1, 0.15) is 13.3 Å². The lowest BCUT2D eigenvalue weighted by Gasteiger charge is -2.20. The summed E-state index contributed by atoms with van der Waals surface area (Å²) < 4.78 is 0. The molecule has 1 heterocycles. The summed E-state index contributed by atoms with van der Waals surface area (Å²) in [5.74, 6) is 0.400. The lowest BCUT2D eigenvalue weighted by molar-refractivity contribution is -0.383. The lowest BCUT2D eigenvalue weighted by Crippen LogP contribution is -2.26. The van der Waals surface area contributed by atoms with E-state index in [4.69, 9.17) is 5.26 Å². The zero-order valence-electron chi connectivity index (χ0n) is 10.3. The fourth-order valence-electron chi connectivity index (χ4n) is 1.55. The third-order valence-electron chi connectivity index (χ3n) is 2.40. The summed E-state index contributed by atoms with van der Waals surface area (Å²) in [6.45, 7) is 2.78. The standard InChI is InChI=1S/C10H14N6O2/c1-3-15(6-4-5-11)10-8(16(17)18)9(12-2)13-7-14-10/h7H,3-4,6H2,1-2H3,(H,12,13,14). The Morgan fingerprint density at radius 2 is 2.33 bits per heavy atom. The van der Waals surface area contributed by atoms with E-state index >= 15 is 0 Å². The monoisotopic (exact) mass is 250 g/mol. The van der Waals surface area contributed by atoms with Gasteiger partial charge in [0.1, 0.15) is 6.33 Å². The summed E-state index contributed by atoms with van der Waals surface area (Å²) in [6, 6.07) is 2.01. The van der Waals surface area contributed by atoms with Gasteiger partial charge in [0.2, 0.25) is 11.6 Å². The Morgan fingerprint density at radius 3 is 2.83 bits per heavy atom. The van der Waals surface area contributed by atoms with Gasteiger partial charge in [-0.05, 0) is 6.92 Å². The van der Waals surface area contributed by atoms with E-state index in [1.54, 1.807) is 11.9 Å². The molecule has 0 amide bonds. The second-order valence-electron chi connectivity index (χ2n) is 3.39. The highest BCUT2D eigenvalue weighted by Gasteiger charge is 2.25. The molecule has 8 heteroatoms. The normalized spacial score (nSPS) is 9.61. The summed E-state index contributed by atoms with van der Waals surface area (Å²) in [7, 11) is 1.56. The highest BCUT2D eigenvalue weighted by Crippen LogP contribution is 2.31. The Balaban J connectivity index is 3.21. The van der Waals surface area contributed by atoms with Crippen molar-refractivity contribution in [1.29, 1.82) is 5.26 Å². The van der Waals surface area contributed by atoms with Gasteiger partial charge in [-0.2, -0.15) is 5.26 Å². The zero-order valence-corrected chi connectivity index (χ0v) is 10.3. The van der Waals surface area contributed by atoms with E-state index in [0.717, 1.165) is 0 Å². The maximum Gasteiger partial charge on any atom is 0.353 e. The van der Waals surface area contributed by atoms with Gasteiger partial charge in [0.05, 0.1) is 17.4 Å². The molecule has 1 rings (SSSR count). The Hall–Kier alpha value is -2.43. The molecule has 0 saturated heterocycles. The molecule has 0 fully saturated rings. The van der Waals surface area contributed by atoms with Gasteiger partial charge in [-0.25, -0.2) is 9.97 Å². The molecule has 0 radical (unpaired) electrons. The highest BCUT2D eigenvalue weighted by molar-refractivity contribution is 5.70. The number of rotatable bonds is 6. The second kappa shape index (κ2) is 6.34. The van der Waals surface area contributed by atoms with Crippen LogP contribution in [0.2, 0.25) is 0 Å². The minimum absolute atomic E-state index is 0.167. The van der Waals surface area contributed by atoms with E-state index < -0.39 is 4.92 Å². The van der Waals surface area contributed by atoms with Crippen LogP contribution in [0.5, 0.6) is 0 Å². The van der Waals surface area contributed by atoms with E-state index in [9.17, 15) is 10.1 Å². The van der Waals surface area contributed by atoms with Crippen LogP contribution >= 0.6 is 0 Å². The number of nitrogens with zero attached hydrogens (tertiary/aromatic N) is 5. The number of nitrogens with one attached hydrogen (secondary N) is 1. The molecule has 0 aromatic carbocycles. The fourth-order valence-corrected chi connectivity index (χ4v) is 1.55. The van der Waals surface area contributed by atoms with Crippen molar-refractivity contribution in [1.82, 2.24) is 9.97 Å². The first-order valence-corrected chi connectivity index (χ1v) is 5.44. The minimum Gasteiger partial charge on any atom is -0.367 e. The first-order valence-electron chi connectivity index (χ1n) is 5.44. The first kappa shape index (κ1) is 13.6. The van der Waals surface area contributed by atoms with Crippen LogP contribution < -0.4 is 10.2 Å². The third kappa shape index (κ3) is 2.82. The van der Waals surface area contributed by atoms with Crippen LogP contribution in [0.25, 0.3) is 0 Å². The predicted molar refractivity (Wildman–Crippen MR) is 66.4 cm³/mol. The minimum atomic E-state index is -0.518. The molecule has 0 aliphatic carbocycles. The van der Waals surface area contributed by atoms with Crippen LogP contribution in [0, 0.1) is 21.4 Å². The fraction of sp³-hybridized carbons (Fsp3) is 0.500. The number of nitriles is 1. The van der Waals surface area contributed by atoms with Gasteiger partial charge in [-0.3, -0.25) is 10.1 Å². The Bertz CT molecular complexity index is 470. The van der Waals surface area contributed by atoms with Crippen molar-refractivity contribution in [3.63, 3.8) is 0 Å². The van der Waals surface area contributed by atoms with E-state index in [2.05, 4.69) is 15.3 Å². The molecule has 0 atom stereocenters. The number of aromatic nitrogens is 2.